The first-order chi connectivity index (χ1) is 8.33. The van der Waals surface area contributed by atoms with E-state index in [9.17, 15) is 0 Å². The minimum atomic E-state index is 0.485. The van der Waals surface area contributed by atoms with Crippen LogP contribution in [0.25, 0.3) is 6.08 Å². The zero-order valence-electron chi connectivity index (χ0n) is 8.98. The van der Waals surface area contributed by atoms with E-state index in [1.54, 1.807) is 0 Å². The van der Waals surface area contributed by atoms with Crippen molar-refractivity contribution in [2.24, 2.45) is 0 Å². The van der Waals surface area contributed by atoms with Gasteiger partial charge < -0.3 is 0 Å². The normalized spacial score (nSPS) is 19.6. The second kappa shape index (κ2) is 3.50. The molecule has 1 unspecified atom stereocenters. The second-order valence-corrected chi connectivity index (χ2v) is 6.42. The Labute approximate surface area is 113 Å². The van der Waals surface area contributed by atoms with Crippen molar-refractivity contribution in [3.05, 3.63) is 68.5 Å². The van der Waals surface area contributed by atoms with Crippen molar-refractivity contribution in [1.29, 1.82) is 0 Å². The van der Waals surface area contributed by atoms with Gasteiger partial charge in [0.05, 0.1) is 0 Å². The molecule has 2 heteroatoms. The molecule has 0 N–H and O–H groups in total. The summed E-state index contributed by atoms with van der Waals surface area (Å²) >= 11 is 5.46. The van der Waals surface area contributed by atoms with Gasteiger partial charge in [-0.1, -0.05) is 52.0 Å². The van der Waals surface area contributed by atoms with Crippen LogP contribution in [0.5, 0.6) is 0 Å². The molecule has 82 valence electrons. The maximum absolute atomic E-state index is 3.54. The maximum Gasteiger partial charge on any atom is 0.0420 e. The summed E-state index contributed by atoms with van der Waals surface area (Å²) in [7, 11) is 0. The van der Waals surface area contributed by atoms with Crippen LogP contribution in [0.1, 0.15) is 22.6 Å². The molecule has 1 atom stereocenters. The van der Waals surface area contributed by atoms with Crippen LogP contribution in [0.15, 0.2) is 56.7 Å². The van der Waals surface area contributed by atoms with Crippen molar-refractivity contribution in [2.75, 3.05) is 0 Å². The smallest absolute Gasteiger partial charge is 0.0420 e. The van der Waals surface area contributed by atoms with Crippen molar-refractivity contribution >= 4 is 33.8 Å². The minimum absolute atomic E-state index is 0.485. The number of rotatable bonds is 0. The molecule has 0 bridgehead atoms. The van der Waals surface area contributed by atoms with Crippen LogP contribution in [0, 0.1) is 0 Å². The molecule has 0 nitrogen and oxygen atoms in total. The van der Waals surface area contributed by atoms with Crippen LogP contribution >= 0.6 is 27.7 Å². The zero-order valence-corrected chi connectivity index (χ0v) is 11.4. The first kappa shape index (κ1) is 9.98. The van der Waals surface area contributed by atoms with Crippen LogP contribution in [-0.2, 0) is 0 Å². The first-order valence-electron chi connectivity index (χ1n) is 5.61. The fourth-order valence-corrected chi connectivity index (χ4v) is 4.31. The largest absolute Gasteiger partial charge is 0.0932 e. The summed E-state index contributed by atoms with van der Waals surface area (Å²) in [5.41, 5.74) is 4.27. The number of benzene rings is 2. The molecule has 1 heterocycles. The van der Waals surface area contributed by atoms with Gasteiger partial charge in [-0.15, -0.1) is 0 Å². The third-order valence-corrected chi connectivity index (χ3v) is 5.07. The van der Waals surface area contributed by atoms with Crippen LogP contribution in [0.3, 0.4) is 0 Å². The lowest BCUT2D eigenvalue weighted by Crippen LogP contribution is -1.94. The summed E-state index contributed by atoms with van der Waals surface area (Å²) in [6, 6.07) is 15.3. The molecule has 1 aliphatic carbocycles. The topological polar surface area (TPSA) is 0 Å². The molecule has 17 heavy (non-hydrogen) atoms. The second-order valence-electron chi connectivity index (χ2n) is 4.39. The lowest BCUT2D eigenvalue weighted by molar-refractivity contribution is 1.02. The van der Waals surface area contributed by atoms with Gasteiger partial charge >= 0.3 is 0 Å². The van der Waals surface area contributed by atoms with Crippen LogP contribution in [0.2, 0.25) is 0 Å². The zero-order chi connectivity index (χ0) is 11.4. The van der Waals surface area contributed by atoms with Crippen LogP contribution < -0.4 is 0 Å². The van der Waals surface area contributed by atoms with E-state index in [4.69, 9.17) is 0 Å². The number of allylic oxidation sites excluding steroid dienone is 1. The molecule has 0 fully saturated rings. The van der Waals surface area contributed by atoms with Crippen molar-refractivity contribution in [3.63, 3.8) is 0 Å². The van der Waals surface area contributed by atoms with Gasteiger partial charge in [0.15, 0.2) is 0 Å². The monoisotopic (exact) mass is 300 g/mol. The van der Waals surface area contributed by atoms with Crippen LogP contribution in [0.4, 0.5) is 0 Å². The van der Waals surface area contributed by atoms with Gasteiger partial charge in [-0.3, -0.25) is 0 Å². The molecule has 2 aromatic rings. The van der Waals surface area contributed by atoms with Gasteiger partial charge in [0, 0.05) is 20.2 Å². The molecule has 4 rings (SSSR count). The van der Waals surface area contributed by atoms with E-state index in [1.807, 2.05) is 11.8 Å². The molecule has 2 aromatic carbocycles. The Kier molecular flexibility index (Phi) is 2.06. The molecule has 1 aliphatic heterocycles. The van der Waals surface area contributed by atoms with Crippen molar-refractivity contribution in [1.82, 2.24) is 0 Å². The molecule has 0 saturated heterocycles. The highest BCUT2D eigenvalue weighted by Crippen LogP contribution is 2.56. The number of halogens is 1. The summed E-state index contributed by atoms with van der Waals surface area (Å²) in [5, 5.41) is 0. The predicted molar refractivity (Wildman–Crippen MR) is 76.3 cm³/mol. The Morgan fingerprint density at radius 3 is 2.82 bits per heavy atom. The van der Waals surface area contributed by atoms with Gasteiger partial charge in [-0.2, -0.15) is 0 Å². The molecule has 0 radical (unpaired) electrons. The van der Waals surface area contributed by atoms with E-state index in [-0.39, 0.29) is 0 Å². The Hall–Kier alpha value is -0.990. The van der Waals surface area contributed by atoms with E-state index >= 15 is 0 Å². The van der Waals surface area contributed by atoms with E-state index < -0.39 is 0 Å². The SMILES string of the molecule is Brc1ccc2c(c1)C=C1Sc3ccccc3C12. The van der Waals surface area contributed by atoms with E-state index in [1.165, 1.54) is 26.5 Å². The highest BCUT2D eigenvalue weighted by Gasteiger charge is 2.34. The molecule has 0 amide bonds. The number of hydrogen-bond acceptors (Lipinski definition) is 1. The quantitative estimate of drug-likeness (QED) is 0.657. The number of thioether (sulfide) groups is 1. The Balaban J connectivity index is 1.95. The highest BCUT2D eigenvalue weighted by molar-refractivity contribution is 9.10. The molecule has 0 aromatic heterocycles. The maximum atomic E-state index is 3.54. The van der Waals surface area contributed by atoms with Gasteiger partial charge in [0.1, 0.15) is 0 Å². The predicted octanol–water partition coefficient (Wildman–Crippen LogP) is 5.04. The lowest BCUT2D eigenvalue weighted by atomic mass is 9.93. The standard InChI is InChI=1S/C15H9BrS/c16-10-5-6-11-9(7-10)8-14-15(11)12-3-1-2-4-13(12)17-14/h1-8,15H. The molecule has 0 spiro atoms. The first-order valence-corrected chi connectivity index (χ1v) is 7.22. The average Bonchev–Trinajstić information content (AvgIpc) is 2.83. The Bertz CT molecular complexity index is 658. The van der Waals surface area contributed by atoms with Crippen LogP contribution in [-0.4, -0.2) is 0 Å². The third-order valence-electron chi connectivity index (χ3n) is 3.40. The van der Waals surface area contributed by atoms with E-state index in [0.717, 1.165) is 4.47 Å². The minimum Gasteiger partial charge on any atom is -0.0932 e. The molecular formula is C15H9BrS. The fourth-order valence-electron chi connectivity index (χ4n) is 2.67. The van der Waals surface area contributed by atoms with Crippen molar-refractivity contribution in [3.8, 4) is 0 Å². The van der Waals surface area contributed by atoms with E-state index in [2.05, 4.69) is 64.5 Å². The Morgan fingerprint density at radius 1 is 1.00 bits per heavy atom. The van der Waals surface area contributed by atoms with Crippen molar-refractivity contribution in [2.45, 2.75) is 10.8 Å². The average molecular weight is 301 g/mol. The summed E-state index contributed by atoms with van der Waals surface area (Å²) in [5.74, 6) is 0.485. The Morgan fingerprint density at radius 2 is 1.88 bits per heavy atom. The highest BCUT2D eigenvalue weighted by atomic mass is 79.9. The van der Waals surface area contributed by atoms with Gasteiger partial charge in [-0.05, 0) is 41.0 Å². The molecule has 2 aliphatic rings. The lowest BCUT2D eigenvalue weighted by Gasteiger charge is -2.10. The van der Waals surface area contributed by atoms with Gasteiger partial charge in [0.2, 0.25) is 0 Å². The summed E-state index contributed by atoms with van der Waals surface area (Å²) < 4.78 is 1.16. The summed E-state index contributed by atoms with van der Waals surface area (Å²) in [4.78, 5) is 2.89. The summed E-state index contributed by atoms with van der Waals surface area (Å²) in [6.07, 6.45) is 2.33. The number of hydrogen-bond donors (Lipinski definition) is 0. The molecular weight excluding hydrogens is 292 g/mol. The molecule has 0 saturated carbocycles. The third kappa shape index (κ3) is 1.37. The van der Waals surface area contributed by atoms with E-state index in [0.29, 0.717) is 5.92 Å². The number of fused-ring (bicyclic) bond motifs is 5. The summed E-state index contributed by atoms with van der Waals surface area (Å²) in [6.45, 7) is 0. The van der Waals surface area contributed by atoms with Gasteiger partial charge in [-0.25, -0.2) is 0 Å². The van der Waals surface area contributed by atoms with Crippen molar-refractivity contribution < 1.29 is 0 Å². The van der Waals surface area contributed by atoms with Gasteiger partial charge in [0.25, 0.3) is 0 Å². The fraction of sp³-hybridized carbons (Fsp3) is 0.0667.